The van der Waals surface area contributed by atoms with Gasteiger partial charge in [0.05, 0.1) is 31.3 Å². The van der Waals surface area contributed by atoms with Crippen molar-refractivity contribution in [1.29, 1.82) is 0 Å². The Morgan fingerprint density at radius 2 is 1.81 bits per heavy atom. The van der Waals surface area contributed by atoms with E-state index in [0.717, 1.165) is 50.0 Å². The molecule has 136 valence electrons. The first kappa shape index (κ1) is 16.0. The second-order valence-corrected chi connectivity index (χ2v) is 7.58. The van der Waals surface area contributed by atoms with Gasteiger partial charge in [-0.15, -0.1) is 0 Å². The predicted molar refractivity (Wildman–Crippen MR) is 91.1 cm³/mol. The van der Waals surface area contributed by atoms with Gasteiger partial charge in [0.2, 0.25) is 0 Å². The van der Waals surface area contributed by atoms with Crippen molar-refractivity contribution < 1.29 is 23.6 Å². The van der Waals surface area contributed by atoms with Gasteiger partial charge in [0.1, 0.15) is 25.4 Å². The number of carbonyl (C=O) groups excluding carboxylic acids is 2. The van der Waals surface area contributed by atoms with Crippen LogP contribution in [0.4, 0.5) is 0 Å². The molecule has 0 radical (unpaired) electrons. The highest BCUT2D eigenvalue weighted by Crippen LogP contribution is 2.52. The first-order valence-corrected chi connectivity index (χ1v) is 9.31. The first-order valence-electron chi connectivity index (χ1n) is 9.31. The zero-order valence-electron chi connectivity index (χ0n) is 14.5. The summed E-state index contributed by atoms with van der Waals surface area (Å²) >= 11 is 0. The minimum absolute atomic E-state index is 0.169. The molecular weight excluding hydrogens is 334 g/mol. The van der Waals surface area contributed by atoms with Crippen LogP contribution in [-0.4, -0.2) is 49.3 Å². The topological polar surface area (TPSA) is 76.5 Å². The summed E-state index contributed by atoms with van der Waals surface area (Å²) in [4.78, 5) is 26.6. The third-order valence-corrected chi connectivity index (χ3v) is 6.05. The molecule has 1 aromatic heterocycles. The van der Waals surface area contributed by atoms with Crippen LogP contribution in [0.1, 0.15) is 17.9 Å². The summed E-state index contributed by atoms with van der Waals surface area (Å²) in [5.41, 5.74) is 0. The SMILES string of the molecule is O=C1[C@@H]2[C@@H](C(=O)N1/N=C\c1ccc(C[NH+]3CCOCC3)o1)[C@H]1C=C[C@H]2C1. The highest BCUT2D eigenvalue weighted by molar-refractivity contribution is 6.06. The maximum Gasteiger partial charge on any atom is 0.254 e. The summed E-state index contributed by atoms with van der Waals surface area (Å²) in [5.74, 6) is 1.07. The molecule has 1 aromatic rings. The van der Waals surface area contributed by atoms with Crippen molar-refractivity contribution in [2.75, 3.05) is 26.3 Å². The van der Waals surface area contributed by atoms with Crippen molar-refractivity contribution in [2.45, 2.75) is 13.0 Å². The summed E-state index contributed by atoms with van der Waals surface area (Å²) < 4.78 is 11.2. The maximum absolute atomic E-state index is 12.6. The molecule has 1 saturated carbocycles. The number of morpholine rings is 1. The minimum Gasteiger partial charge on any atom is -0.454 e. The summed E-state index contributed by atoms with van der Waals surface area (Å²) in [5, 5.41) is 5.21. The molecular formula is C19H22N3O4+. The Morgan fingerprint density at radius 1 is 1.12 bits per heavy atom. The zero-order chi connectivity index (χ0) is 17.7. The largest absolute Gasteiger partial charge is 0.454 e. The number of rotatable bonds is 4. The first-order chi connectivity index (χ1) is 12.7. The van der Waals surface area contributed by atoms with E-state index < -0.39 is 0 Å². The fourth-order valence-corrected chi connectivity index (χ4v) is 4.76. The van der Waals surface area contributed by atoms with E-state index >= 15 is 0 Å². The molecule has 7 nitrogen and oxygen atoms in total. The molecule has 7 heteroatoms. The van der Waals surface area contributed by atoms with Gasteiger partial charge in [0, 0.05) is 0 Å². The van der Waals surface area contributed by atoms with E-state index in [9.17, 15) is 9.59 Å². The van der Waals surface area contributed by atoms with E-state index in [0.29, 0.717) is 5.76 Å². The van der Waals surface area contributed by atoms with Crippen LogP contribution in [0.15, 0.2) is 33.8 Å². The number of ether oxygens (including phenoxy) is 1. The third-order valence-electron chi connectivity index (χ3n) is 6.05. The maximum atomic E-state index is 12.6. The molecule has 4 atom stereocenters. The van der Waals surface area contributed by atoms with Gasteiger partial charge in [-0.2, -0.15) is 10.1 Å². The Labute approximate surface area is 151 Å². The minimum atomic E-state index is -0.216. The van der Waals surface area contributed by atoms with Crippen LogP contribution in [0.3, 0.4) is 0 Å². The van der Waals surface area contributed by atoms with E-state index in [1.165, 1.54) is 11.1 Å². The molecule has 3 fully saturated rings. The highest BCUT2D eigenvalue weighted by atomic mass is 16.5. The summed E-state index contributed by atoms with van der Waals surface area (Å²) in [7, 11) is 0. The second-order valence-electron chi connectivity index (χ2n) is 7.58. The second kappa shape index (κ2) is 6.17. The molecule has 4 aliphatic rings. The number of allylic oxidation sites excluding steroid dienone is 2. The lowest BCUT2D eigenvalue weighted by Gasteiger charge is -2.22. The number of hydrogen-bond acceptors (Lipinski definition) is 5. The number of nitrogens with zero attached hydrogens (tertiary/aromatic N) is 2. The average molecular weight is 356 g/mol. The number of quaternary nitrogens is 1. The number of furan rings is 1. The monoisotopic (exact) mass is 356 g/mol. The Balaban J connectivity index is 1.26. The van der Waals surface area contributed by atoms with Gasteiger partial charge in [0.25, 0.3) is 11.8 Å². The molecule has 3 heterocycles. The van der Waals surface area contributed by atoms with Gasteiger partial charge in [-0.3, -0.25) is 9.59 Å². The molecule has 2 amide bonds. The van der Waals surface area contributed by atoms with Crippen molar-refractivity contribution in [3.63, 3.8) is 0 Å². The highest BCUT2D eigenvalue weighted by Gasteiger charge is 2.59. The van der Waals surface area contributed by atoms with E-state index in [1.54, 1.807) is 0 Å². The van der Waals surface area contributed by atoms with Gasteiger partial charge < -0.3 is 14.1 Å². The normalized spacial score (nSPS) is 33.8. The van der Waals surface area contributed by atoms with Crippen molar-refractivity contribution in [1.82, 2.24) is 5.01 Å². The van der Waals surface area contributed by atoms with Crippen LogP contribution in [-0.2, 0) is 20.9 Å². The van der Waals surface area contributed by atoms with Crippen molar-refractivity contribution in [2.24, 2.45) is 28.8 Å². The van der Waals surface area contributed by atoms with Crippen LogP contribution in [0, 0.1) is 23.7 Å². The molecule has 2 aliphatic heterocycles. The number of hydrazone groups is 1. The average Bonchev–Trinajstić information content (AvgIpc) is 3.41. The molecule has 0 spiro atoms. The fourth-order valence-electron chi connectivity index (χ4n) is 4.76. The third kappa shape index (κ3) is 2.54. The lowest BCUT2D eigenvalue weighted by atomic mass is 9.85. The fraction of sp³-hybridized carbons (Fsp3) is 0.526. The molecule has 2 aliphatic carbocycles. The van der Waals surface area contributed by atoms with Gasteiger partial charge in [-0.1, -0.05) is 12.2 Å². The van der Waals surface area contributed by atoms with Crippen molar-refractivity contribution in [3.8, 4) is 0 Å². The molecule has 0 aromatic carbocycles. The van der Waals surface area contributed by atoms with Gasteiger partial charge in [-0.05, 0) is 30.4 Å². The number of carbonyl (C=O) groups is 2. The summed E-state index contributed by atoms with van der Waals surface area (Å²) in [6.45, 7) is 4.31. The number of fused-ring (bicyclic) bond motifs is 5. The van der Waals surface area contributed by atoms with Gasteiger partial charge in [0.15, 0.2) is 5.76 Å². The lowest BCUT2D eigenvalue weighted by Crippen LogP contribution is -3.12. The molecule has 5 rings (SSSR count). The number of imide groups is 1. The van der Waals surface area contributed by atoms with Crippen molar-refractivity contribution in [3.05, 3.63) is 35.8 Å². The Bertz CT molecular complexity index is 762. The standard InChI is InChI=1S/C19H21N3O4/c23-18-16-12-1-2-13(9-12)17(16)19(24)22(18)20-10-14-3-4-15(26-14)11-21-5-7-25-8-6-21/h1-4,10,12-13,16-17H,5-9,11H2/p+1/b20-10-/t12-,13-,16-,17-/m0/s1. The lowest BCUT2D eigenvalue weighted by molar-refractivity contribution is -0.922. The Kier molecular flexibility index (Phi) is 3.79. The van der Waals surface area contributed by atoms with Crippen molar-refractivity contribution >= 4 is 18.0 Å². The predicted octanol–water partition coefficient (Wildman–Crippen LogP) is -0.164. The van der Waals surface area contributed by atoms with E-state index in [2.05, 4.69) is 17.3 Å². The zero-order valence-corrected chi connectivity index (χ0v) is 14.5. The number of nitrogens with one attached hydrogen (secondary N) is 1. The van der Waals surface area contributed by atoms with Gasteiger partial charge in [-0.25, -0.2) is 0 Å². The van der Waals surface area contributed by atoms with Crippen LogP contribution in [0.2, 0.25) is 0 Å². The van der Waals surface area contributed by atoms with Gasteiger partial charge >= 0.3 is 0 Å². The van der Waals surface area contributed by atoms with Crippen LogP contribution in [0.25, 0.3) is 0 Å². The Hall–Kier alpha value is -2.25. The van der Waals surface area contributed by atoms with Crippen LogP contribution in [0.5, 0.6) is 0 Å². The van der Waals surface area contributed by atoms with Crippen LogP contribution >= 0.6 is 0 Å². The molecule has 26 heavy (non-hydrogen) atoms. The quantitative estimate of drug-likeness (QED) is 0.462. The molecule has 2 saturated heterocycles. The van der Waals surface area contributed by atoms with E-state index in [1.807, 2.05) is 12.1 Å². The van der Waals surface area contributed by atoms with Crippen LogP contribution < -0.4 is 4.90 Å². The Morgan fingerprint density at radius 3 is 2.50 bits per heavy atom. The summed E-state index contributed by atoms with van der Waals surface area (Å²) in [6, 6.07) is 3.76. The summed E-state index contributed by atoms with van der Waals surface area (Å²) in [6.07, 6.45) is 6.56. The molecule has 2 bridgehead atoms. The van der Waals surface area contributed by atoms with E-state index in [4.69, 9.17) is 9.15 Å². The van der Waals surface area contributed by atoms with E-state index in [-0.39, 0.29) is 35.5 Å². The number of amides is 2. The number of hydrogen-bond donors (Lipinski definition) is 1. The smallest absolute Gasteiger partial charge is 0.254 e. The molecule has 0 unspecified atom stereocenters. The molecule has 1 N–H and O–H groups in total.